The van der Waals surface area contributed by atoms with E-state index in [2.05, 4.69) is 0 Å². The minimum Gasteiger partial charge on any atom is -0.457 e. The number of nitrogens with zero attached hydrogens (tertiary/aromatic N) is 1. The van der Waals surface area contributed by atoms with E-state index in [0.29, 0.717) is 27.8 Å². The number of ether oxygens (including phenoxy) is 1. The van der Waals surface area contributed by atoms with Gasteiger partial charge < -0.3 is 4.74 Å². The van der Waals surface area contributed by atoms with Crippen LogP contribution >= 0.6 is 0 Å². The number of carbonyl (C=O) groups excluding carboxylic acids is 3. The highest BCUT2D eigenvalue weighted by Crippen LogP contribution is 2.32. The van der Waals surface area contributed by atoms with Crippen molar-refractivity contribution in [2.24, 2.45) is 0 Å². The van der Waals surface area contributed by atoms with Crippen molar-refractivity contribution in [3.8, 4) is 0 Å². The van der Waals surface area contributed by atoms with E-state index >= 15 is 0 Å². The highest BCUT2D eigenvalue weighted by atomic mass is 16.5. The fourth-order valence-corrected chi connectivity index (χ4v) is 3.93. The Morgan fingerprint density at radius 1 is 0.781 bits per heavy atom. The number of imide groups is 1. The fourth-order valence-electron chi connectivity index (χ4n) is 3.93. The molecule has 0 saturated carbocycles. The smallest absolute Gasteiger partial charge is 0.338 e. The number of hydrogen-bond donors (Lipinski definition) is 0. The Bertz CT molecular complexity index is 1320. The van der Waals surface area contributed by atoms with Crippen LogP contribution in [0.2, 0.25) is 0 Å². The quantitative estimate of drug-likeness (QED) is 0.331. The first-order valence-corrected chi connectivity index (χ1v) is 10.3. The van der Waals surface area contributed by atoms with E-state index < -0.39 is 5.97 Å². The standard InChI is InChI=1S/C27H19NO4/c1-17-8-10-18(11-9-17)16-32-27(31)20-12-14-21(15-13-20)28-25(29)22-6-2-4-19-5-3-7-23(24(19)22)26(28)30/h2-15H,16H2,1H3. The van der Waals surface area contributed by atoms with Crippen LogP contribution in [0.15, 0.2) is 84.9 Å². The summed E-state index contributed by atoms with van der Waals surface area (Å²) in [6.07, 6.45) is 0. The minimum atomic E-state index is -0.469. The number of benzene rings is 4. The number of amides is 2. The Labute approximate surface area is 184 Å². The first-order valence-electron chi connectivity index (χ1n) is 10.3. The van der Waals surface area contributed by atoms with E-state index in [-0.39, 0.29) is 18.4 Å². The van der Waals surface area contributed by atoms with Crippen LogP contribution in [0.25, 0.3) is 10.8 Å². The predicted octanol–water partition coefficient (Wildman–Crippen LogP) is 5.31. The second-order valence-electron chi connectivity index (χ2n) is 7.76. The molecule has 4 aromatic carbocycles. The van der Waals surface area contributed by atoms with Crippen molar-refractivity contribution >= 4 is 34.2 Å². The highest BCUT2D eigenvalue weighted by Gasteiger charge is 2.33. The van der Waals surface area contributed by atoms with E-state index in [1.807, 2.05) is 43.3 Å². The average Bonchev–Trinajstić information content (AvgIpc) is 2.82. The van der Waals surface area contributed by atoms with Gasteiger partial charge in [0.2, 0.25) is 0 Å². The van der Waals surface area contributed by atoms with Gasteiger partial charge in [-0.1, -0.05) is 54.1 Å². The van der Waals surface area contributed by atoms with E-state index in [0.717, 1.165) is 21.4 Å². The molecule has 4 aromatic rings. The van der Waals surface area contributed by atoms with E-state index in [1.165, 1.54) is 0 Å². The summed E-state index contributed by atoms with van der Waals surface area (Å²) in [4.78, 5) is 39.8. The number of aryl methyl sites for hydroxylation is 1. The van der Waals surface area contributed by atoms with Crippen LogP contribution in [0.1, 0.15) is 42.2 Å². The van der Waals surface area contributed by atoms with Crippen molar-refractivity contribution in [1.82, 2.24) is 0 Å². The Morgan fingerprint density at radius 3 is 1.97 bits per heavy atom. The van der Waals surface area contributed by atoms with Gasteiger partial charge in [0, 0.05) is 16.5 Å². The van der Waals surface area contributed by atoms with Crippen LogP contribution in [0.4, 0.5) is 5.69 Å². The highest BCUT2D eigenvalue weighted by molar-refractivity contribution is 6.35. The molecule has 0 aliphatic carbocycles. The van der Waals surface area contributed by atoms with Gasteiger partial charge in [0.1, 0.15) is 6.61 Å². The molecule has 0 radical (unpaired) electrons. The van der Waals surface area contributed by atoms with Crippen molar-refractivity contribution < 1.29 is 19.1 Å². The molecule has 0 unspecified atom stereocenters. The molecule has 0 spiro atoms. The summed E-state index contributed by atoms with van der Waals surface area (Å²) in [5.74, 6) is -1.23. The maximum absolute atomic E-state index is 13.1. The predicted molar refractivity (Wildman–Crippen MR) is 122 cm³/mol. The molecule has 156 valence electrons. The van der Waals surface area contributed by atoms with Gasteiger partial charge >= 0.3 is 5.97 Å². The van der Waals surface area contributed by atoms with E-state index in [1.54, 1.807) is 48.5 Å². The van der Waals surface area contributed by atoms with Gasteiger partial charge in [0.15, 0.2) is 0 Å². The molecule has 1 heterocycles. The van der Waals surface area contributed by atoms with Gasteiger partial charge in [-0.25, -0.2) is 9.69 Å². The minimum absolute atomic E-state index is 0.171. The zero-order chi connectivity index (χ0) is 22.2. The third-order valence-corrected chi connectivity index (χ3v) is 5.62. The molecule has 0 saturated heterocycles. The van der Waals surface area contributed by atoms with E-state index in [9.17, 15) is 14.4 Å². The first-order chi connectivity index (χ1) is 15.5. The largest absolute Gasteiger partial charge is 0.457 e. The summed E-state index contributed by atoms with van der Waals surface area (Å²) in [6.45, 7) is 2.17. The maximum Gasteiger partial charge on any atom is 0.338 e. The zero-order valence-corrected chi connectivity index (χ0v) is 17.4. The molecular formula is C27H19NO4. The molecule has 1 aliphatic rings. The summed E-state index contributed by atoms with van der Waals surface area (Å²) >= 11 is 0. The van der Waals surface area contributed by atoms with Crippen molar-refractivity contribution in [1.29, 1.82) is 0 Å². The lowest BCUT2D eigenvalue weighted by Gasteiger charge is -2.27. The lowest BCUT2D eigenvalue weighted by molar-refractivity contribution is 0.0472. The summed E-state index contributed by atoms with van der Waals surface area (Å²) in [6, 6.07) is 24.9. The number of rotatable bonds is 4. The normalized spacial score (nSPS) is 12.8. The monoisotopic (exact) mass is 421 g/mol. The number of esters is 1. The second kappa shape index (κ2) is 7.78. The van der Waals surface area contributed by atoms with Crippen molar-refractivity contribution in [2.75, 3.05) is 4.90 Å². The molecule has 0 aromatic heterocycles. The second-order valence-corrected chi connectivity index (χ2v) is 7.76. The number of anilines is 1. The van der Waals surface area contributed by atoms with Gasteiger partial charge in [0.25, 0.3) is 11.8 Å². The topological polar surface area (TPSA) is 63.7 Å². The number of hydrogen-bond acceptors (Lipinski definition) is 4. The van der Waals surface area contributed by atoms with Crippen LogP contribution in [0, 0.1) is 6.92 Å². The van der Waals surface area contributed by atoms with Crippen molar-refractivity contribution in [2.45, 2.75) is 13.5 Å². The van der Waals surface area contributed by atoms with Gasteiger partial charge in [-0.05, 0) is 54.3 Å². The Kier molecular flexibility index (Phi) is 4.79. The molecule has 0 fully saturated rings. The van der Waals surface area contributed by atoms with E-state index in [4.69, 9.17) is 4.74 Å². The molecule has 0 N–H and O–H groups in total. The maximum atomic E-state index is 13.1. The third kappa shape index (κ3) is 3.34. The van der Waals surface area contributed by atoms with Crippen LogP contribution in [-0.2, 0) is 11.3 Å². The number of carbonyl (C=O) groups is 3. The Hall–Kier alpha value is -4.25. The summed E-state index contributed by atoms with van der Waals surface area (Å²) in [7, 11) is 0. The van der Waals surface area contributed by atoms with Gasteiger partial charge in [0.05, 0.1) is 11.3 Å². The van der Waals surface area contributed by atoms with Gasteiger partial charge in [-0.2, -0.15) is 0 Å². The van der Waals surface area contributed by atoms with Crippen LogP contribution < -0.4 is 4.90 Å². The van der Waals surface area contributed by atoms with Gasteiger partial charge in [-0.15, -0.1) is 0 Å². The Morgan fingerprint density at radius 2 is 1.38 bits per heavy atom. The average molecular weight is 421 g/mol. The molecule has 2 amide bonds. The van der Waals surface area contributed by atoms with Gasteiger partial charge in [-0.3, -0.25) is 9.59 Å². The summed E-state index contributed by atoms with van der Waals surface area (Å²) in [5, 5.41) is 1.53. The fraction of sp³-hybridized carbons (Fsp3) is 0.0741. The third-order valence-electron chi connectivity index (χ3n) is 5.62. The molecule has 1 aliphatic heterocycles. The zero-order valence-electron chi connectivity index (χ0n) is 17.4. The summed E-state index contributed by atoms with van der Waals surface area (Å²) in [5.41, 5.74) is 3.76. The van der Waals surface area contributed by atoms with Crippen LogP contribution in [0.3, 0.4) is 0 Å². The molecule has 5 rings (SSSR count). The van der Waals surface area contributed by atoms with Crippen LogP contribution in [0.5, 0.6) is 0 Å². The van der Waals surface area contributed by atoms with Crippen molar-refractivity contribution in [3.63, 3.8) is 0 Å². The summed E-state index contributed by atoms with van der Waals surface area (Å²) < 4.78 is 5.38. The molecule has 5 heteroatoms. The lowest BCUT2D eigenvalue weighted by atomic mass is 9.94. The van der Waals surface area contributed by atoms with Crippen LogP contribution in [-0.4, -0.2) is 17.8 Å². The SMILES string of the molecule is Cc1ccc(COC(=O)c2ccc(N3C(=O)c4cccc5cccc(c45)C3=O)cc2)cc1. The molecule has 32 heavy (non-hydrogen) atoms. The van der Waals surface area contributed by atoms with Crippen molar-refractivity contribution in [3.05, 3.63) is 113 Å². The molecule has 0 atom stereocenters. The molecule has 0 bridgehead atoms. The first kappa shape index (κ1) is 19.7. The Balaban J connectivity index is 1.38. The molecule has 5 nitrogen and oxygen atoms in total. The lowest BCUT2D eigenvalue weighted by Crippen LogP contribution is -2.40. The molecular weight excluding hydrogens is 402 g/mol.